The van der Waals surface area contributed by atoms with E-state index < -0.39 is 30.8 Å². The van der Waals surface area contributed by atoms with E-state index >= 15 is 0 Å². The van der Waals surface area contributed by atoms with Crippen molar-refractivity contribution in [2.45, 2.75) is 19.5 Å². The summed E-state index contributed by atoms with van der Waals surface area (Å²) in [5.41, 5.74) is 1.85. The Labute approximate surface area is 190 Å². The maximum Gasteiger partial charge on any atom is 0.309 e. The zero-order valence-electron chi connectivity index (χ0n) is 18.1. The molecule has 0 aliphatic heterocycles. The smallest absolute Gasteiger partial charge is 0.309 e. The number of rotatable bonds is 8. The number of carbonyl (C=O) groups is 4. The van der Waals surface area contributed by atoms with Gasteiger partial charge in [-0.2, -0.15) is 0 Å². The fourth-order valence-electron chi connectivity index (χ4n) is 3.44. The molecule has 0 saturated carbocycles. The third-order valence-electron chi connectivity index (χ3n) is 5.14. The second-order valence-electron chi connectivity index (χ2n) is 7.46. The topological polar surface area (TPSA) is 104 Å². The van der Waals surface area contributed by atoms with E-state index in [1.165, 1.54) is 0 Å². The summed E-state index contributed by atoms with van der Waals surface area (Å²) in [5.74, 6) is -3.19. The Morgan fingerprint density at radius 3 is 2.30 bits per heavy atom. The van der Waals surface area contributed by atoms with Gasteiger partial charge >= 0.3 is 11.8 Å². The lowest BCUT2D eigenvalue weighted by atomic mass is 9.99. The SMILES string of the molecule is C[C@@H](NC(=O)c1ccccc1CNC(=O)C(=O)NCC(=O)CF)c1cccc2ccccc12. The van der Waals surface area contributed by atoms with E-state index in [9.17, 15) is 23.6 Å². The van der Waals surface area contributed by atoms with Crippen LogP contribution < -0.4 is 16.0 Å². The Hall–Kier alpha value is -4.07. The van der Waals surface area contributed by atoms with E-state index in [-0.39, 0.29) is 18.5 Å². The molecule has 0 radical (unpaired) electrons. The van der Waals surface area contributed by atoms with Gasteiger partial charge in [0.2, 0.25) is 0 Å². The van der Waals surface area contributed by atoms with Gasteiger partial charge in [0, 0.05) is 12.1 Å². The summed E-state index contributed by atoms with van der Waals surface area (Å²) in [6.45, 7) is 0.0397. The molecule has 0 unspecified atom stereocenters. The molecule has 0 aromatic heterocycles. The maximum absolute atomic E-state index is 13.0. The predicted octanol–water partition coefficient (Wildman–Crippen LogP) is 2.60. The van der Waals surface area contributed by atoms with Crippen molar-refractivity contribution in [1.29, 1.82) is 0 Å². The van der Waals surface area contributed by atoms with E-state index in [1.54, 1.807) is 24.3 Å². The zero-order valence-corrected chi connectivity index (χ0v) is 18.1. The molecule has 0 heterocycles. The molecule has 7 nitrogen and oxygen atoms in total. The van der Waals surface area contributed by atoms with Crippen molar-refractivity contribution in [2.75, 3.05) is 13.2 Å². The van der Waals surface area contributed by atoms with Gasteiger partial charge in [-0.3, -0.25) is 19.2 Å². The fraction of sp³-hybridized carbons (Fsp3) is 0.200. The van der Waals surface area contributed by atoms with Gasteiger partial charge in [-0.25, -0.2) is 4.39 Å². The summed E-state index contributed by atoms with van der Waals surface area (Å²) in [4.78, 5) is 47.6. The molecule has 3 N–H and O–H groups in total. The quantitative estimate of drug-likeness (QED) is 0.460. The first kappa shape index (κ1) is 23.6. The highest BCUT2D eigenvalue weighted by atomic mass is 19.1. The second-order valence-corrected chi connectivity index (χ2v) is 7.46. The van der Waals surface area contributed by atoms with E-state index in [2.05, 4.69) is 10.6 Å². The molecule has 0 bridgehead atoms. The lowest BCUT2D eigenvalue weighted by Gasteiger charge is -2.18. The van der Waals surface area contributed by atoms with Crippen LogP contribution in [0.1, 0.15) is 34.5 Å². The summed E-state index contributed by atoms with van der Waals surface area (Å²) in [7, 11) is 0. The Bertz CT molecular complexity index is 1190. The van der Waals surface area contributed by atoms with Gasteiger partial charge in [0.25, 0.3) is 5.91 Å². The number of fused-ring (bicyclic) bond motifs is 1. The minimum atomic E-state index is -1.22. The third kappa shape index (κ3) is 6.00. The van der Waals surface area contributed by atoms with Gasteiger partial charge in [0.1, 0.15) is 6.67 Å². The average molecular weight is 449 g/mol. The highest BCUT2D eigenvalue weighted by Gasteiger charge is 2.18. The van der Waals surface area contributed by atoms with Crippen LogP contribution in [0.25, 0.3) is 10.8 Å². The predicted molar refractivity (Wildman–Crippen MR) is 122 cm³/mol. The van der Waals surface area contributed by atoms with Crippen LogP contribution in [0.4, 0.5) is 4.39 Å². The molecule has 0 aliphatic carbocycles. The maximum atomic E-state index is 13.0. The lowest BCUT2D eigenvalue weighted by molar-refractivity contribution is -0.139. The first-order valence-electron chi connectivity index (χ1n) is 10.4. The molecule has 170 valence electrons. The summed E-state index contributed by atoms with van der Waals surface area (Å²) in [5, 5.41) is 9.57. The van der Waals surface area contributed by atoms with Crippen LogP contribution in [-0.4, -0.2) is 36.7 Å². The monoisotopic (exact) mass is 449 g/mol. The molecule has 0 fully saturated rings. The van der Waals surface area contributed by atoms with Crippen molar-refractivity contribution >= 4 is 34.3 Å². The number of ketones is 1. The second kappa shape index (κ2) is 11.0. The van der Waals surface area contributed by atoms with Crippen LogP contribution >= 0.6 is 0 Å². The molecule has 3 aromatic carbocycles. The van der Waals surface area contributed by atoms with E-state index in [1.807, 2.05) is 54.7 Å². The Kier molecular flexibility index (Phi) is 7.86. The van der Waals surface area contributed by atoms with Crippen molar-refractivity contribution in [1.82, 2.24) is 16.0 Å². The molecule has 8 heteroatoms. The largest absolute Gasteiger partial charge is 0.345 e. The highest BCUT2D eigenvalue weighted by Crippen LogP contribution is 2.24. The number of amides is 3. The van der Waals surface area contributed by atoms with Crippen LogP contribution in [-0.2, 0) is 20.9 Å². The summed E-state index contributed by atoms with van der Waals surface area (Å²) < 4.78 is 12.2. The van der Waals surface area contributed by atoms with Crippen molar-refractivity contribution < 1.29 is 23.6 Å². The van der Waals surface area contributed by atoms with E-state index in [0.717, 1.165) is 16.3 Å². The van der Waals surface area contributed by atoms with Gasteiger partial charge in [-0.1, -0.05) is 60.7 Å². The number of halogens is 1. The van der Waals surface area contributed by atoms with Crippen molar-refractivity contribution in [3.8, 4) is 0 Å². The number of carbonyl (C=O) groups excluding carboxylic acids is 4. The molecule has 3 rings (SSSR count). The molecular weight excluding hydrogens is 425 g/mol. The highest BCUT2D eigenvalue weighted by molar-refractivity contribution is 6.35. The molecule has 1 atom stereocenters. The molecule has 33 heavy (non-hydrogen) atoms. The molecule has 0 spiro atoms. The van der Waals surface area contributed by atoms with Crippen LogP contribution in [0.3, 0.4) is 0 Å². The normalized spacial score (nSPS) is 11.5. The Morgan fingerprint density at radius 1 is 0.848 bits per heavy atom. The van der Waals surface area contributed by atoms with Gasteiger partial charge in [0.05, 0.1) is 12.6 Å². The molecule has 0 saturated heterocycles. The fourth-order valence-corrected chi connectivity index (χ4v) is 3.44. The number of nitrogens with one attached hydrogen (secondary N) is 3. The first-order chi connectivity index (χ1) is 15.9. The molecule has 0 aliphatic rings. The number of Topliss-reactive ketones (excluding diaryl/α,β-unsaturated/α-hetero) is 1. The van der Waals surface area contributed by atoms with E-state index in [4.69, 9.17) is 0 Å². The van der Waals surface area contributed by atoms with Gasteiger partial charge in [0.15, 0.2) is 5.78 Å². The van der Waals surface area contributed by atoms with Crippen LogP contribution in [0.2, 0.25) is 0 Å². The number of hydrogen-bond donors (Lipinski definition) is 3. The first-order valence-corrected chi connectivity index (χ1v) is 10.4. The van der Waals surface area contributed by atoms with Gasteiger partial charge in [-0.05, 0) is 34.9 Å². The Balaban J connectivity index is 1.67. The molecule has 3 amide bonds. The molecular formula is C25H24FN3O4. The van der Waals surface area contributed by atoms with Crippen LogP contribution in [0.15, 0.2) is 66.7 Å². The van der Waals surface area contributed by atoms with Crippen molar-refractivity contribution in [3.05, 3.63) is 83.4 Å². The summed E-state index contributed by atoms with van der Waals surface area (Å²) in [6, 6.07) is 20.3. The van der Waals surface area contributed by atoms with Crippen LogP contribution in [0, 0.1) is 0 Å². The minimum Gasteiger partial charge on any atom is -0.345 e. The minimum absolute atomic E-state index is 0.0739. The number of benzene rings is 3. The standard InChI is InChI=1S/C25H24FN3O4/c1-16(20-12-6-9-17-7-2-4-10-21(17)20)29-23(31)22-11-5-3-8-18(22)14-27-24(32)25(33)28-15-19(30)13-26/h2-12,16H,13-15H2,1H3,(H,27,32)(H,28,33)(H,29,31)/t16-/m1/s1. The summed E-state index contributed by atoms with van der Waals surface area (Å²) >= 11 is 0. The van der Waals surface area contributed by atoms with Gasteiger partial charge in [-0.15, -0.1) is 0 Å². The van der Waals surface area contributed by atoms with Gasteiger partial charge < -0.3 is 16.0 Å². The Morgan fingerprint density at radius 2 is 1.52 bits per heavy atom. The van der Waals surface area contributed by atoms with Crippen LogP contribution in [0.5, 0.6) is 0 Å². The average Bonchev–Trinajstić information content (AvgIpc) is 2.85. The third-order valence-corrected chi connectivity index (χ3v) is 5.14. The zero-order chi connectivity index (χ0) is 23.8. The van der Waals surface area contributed by atoms with E-state index in [0.29, 0.717) is 11.1 Å². The van der Waals surface area contributed by atoms with Crippen molar-refractivity contribution in [2.24, 2.45) is 0 Å². The number of alkyl halides is 1. The number of hydrogen-bond acceptors (Lipinski definition) is 4. The lowest BCUT2D eigenvalue weighted by Crippen LogP contribution is -2.42. The summed E-state index contributed by atoms with van der Waals surface area (Å²) in [6.07, 6.45) is 0. The molecule has 3 aromatic rings. The van der Waals surface area contributed by atoms with Crippen molar-refractivity contribution in [3.63, 3.8) is 0 Å².